The normalized spacial score (nSPS) is 15.7. The average Bonchev–Trinajstić information content (AvgIpc) is 2.22. The van der Waals surface area contributed by atoms with Crippen molar-refractivity contribution in [3.8, 4) is 0 Å². The lowest BCUT2D eigenvalue weighted by atomic mass is 10.2. The molecule has 3 nitrogen and oxygen atoms in total. The van der Waals surface area contributed by atoms with Crippen LogP contribution in [0.25, 0.3) is 0 Å². The third-order valence-electron chi connectivity index (χ3n) is 1.77. The zero-order valence-corrected chi connectivity index (χ0v) is 7.78. The maximum Gasteiger partial charge on any atom is 0.123 e. The van der Waals surface area contributed by atoms with Gasteiger partial charge >= 0.3 is 0 Å². The van der Waals surface area contributed by atoms with Crippen molar-refractivity contribution in [3.63, 3.8) is 0 Å². The van der Waals surface area contributed by atoms with Gasteiger partial charge < -0.3 is 10.5 Å². The van der Waals surface area contributed by atoms with Crippen LogP contribution in [0.1, 0.15) is 19.3 Å². The average molecular weight is 180 g/mol. The Morgan fingerprint density at radius 3 is 2.15 bits per heavy atom. The summed E-state index contributed by atoms with van der Waals surface area (Å²) in [6, 6.07) is 5.43. The van der Waals surface area contributed by atoms with Crippen LogP contribution in [-0.2, 0) is 4.74 Å². The first-order valence-electron chi connectivity index (χ1n) is 4.64. The Kier molecular flexibility index (Phi) is 4.94. The summed E-state index contributed by atoms with van der Waals surface area (Å²) >= 11 is 0. The summed E-state index contributed by atoms with van der Waals surface area (Å²) in [6.45, 7) is 2.00. The van der Waals surface area contributed by atoms with Gasteiger partial charge in [-0.1, -0.05) is 6.07 Å². The summed E-state index contributed by atoms with van der Waals surface area (Å²) in [5.41, 5.74) is 5.25. The van der Waals surface area contributed by atoms with Crippen LogP contribution in [0.4, 0.5) is 5.82 Å². The summed E-state index contributed by atoms with van der Waals surface area (Å²) in [5.74, 6) is 0.572. The molecule has 3 heteroatoms. The fourth-order valence-corrected chi connectivity index (χ4v) is 1.06. The van der Waals surface area contributed by atoms with E-state index in [-0.39, 0.29) is 0 Å². The zero-order chi connectivity index (χ0) is 9.36. The number of nitrogen functional groups attached to an aromatic ring is 1. The fourth-order valence-electron chi connectivity index (χ4n) is 1.06. The molecule has 2 heterocycles. The topological polar surface area (TPSA) is 48.1 Å². The van der Waals surface area contributed by atoms with Crippen LogP contribution in [-0.4, -0.2) is 18.2 Å². The molecule has 1 fully saturated rings. The molecule has 1 aromatic heterocycles. The molecule has 1 aromatic rings. The second kappa shape index (κ2) is 6.43. The number of nitrogens with zero attached hydrogens (tertiary/aromatic N) is 1. The van der Waals surface area contributed by atoms with Gasteiger partial charge in [0.15, 0.2) is 0 Å². The summed E-state index contributed by atoms with van der Waals surface area (Å²) < 4.78 is 5.07. The van der Waals surface area contributed by atoms with E-state index >= 15 is 0 Å². The molecule has 13 heavy (non-hydrogen) atoms. The van der Waals surface area contributed by atoms with E-state index in [9.17, 15) is 0 Å². The molecule has 0 amide bonds. The first-order valence-corrected chi connectivity index (χ1v) is 4.64. The lowest BCUT2D eigenvalue weighted by Gasteiger charge is -2.08. The largest absolute Gasteiger partial charge is 0.384 e. The van der Waals surface area contributed by atoms with Crippen molar-refractivity contribution in [2.45, 2.75) is 19.3 Å². The molecule has 0 aliphatic carbocycles. The number of rotatable bonds is 0. The predicted octanol–water partition coefficient (Wildman–Crippen LogP) is 1.85. The molecule has 0 saturated carbocycles. The van der Waals surface area contributed by atoms with Crippen molar-refractivity contribution >= 4 is 5.82 Å². The number of pyridine rings is 1. The Morgan fingerprint density at radius 1 is 1.15 bits per heavy atom. The van der Waals surface area contributed by atoms with E-state index in [1.807, 2.05) is 12.1 Å². The van der Waals surface area contributed by atoms with Crippen molar-refractivity contribution in [1.82, 2.24) is 4.98 Å². The van der Waals surface area contributed by atoms with Crippen molar-refractivity contribution < 1.29 is 4.74 Å². The molecular weight excluding hydrogens is 164 g/mol. The molecule has 0 unspecified atom stereocenters. The van der Waals surface area contributed by atoms with Gasteiger partial charge in [-0.05, 0) is 31.4 Å². The number of anilines is 1. The monoisotopic (exact) mass is 180 g/mol. The van der Waals surface area contributed by atoms with Gasteiger partial charge in [-0.3, -0.25) is 0 Å². The highest BCUT2D eigenvalue weighted by molar-refractivity contribution is 5.25. The summed E-state index contributed by atoms with van der Waals surface area (Å²) in [6.07, 6.45) is 5.59. The summed E-state index contributed by atoms with van der Waals surface area (Å²) in [7, 11) is 0. The van der Waals surface area contributed by atoms with Gasteiger partial charge in [-0.2, -0.15) is 0 Å². The van der Waals surface area contributed by atoms with Crippen LogP contribution in [0.15, 0.2) is 24.4 Å². The fraction of sp³-hybridized carbons (Fsp3) is 0.500. The SMILES string of the molecule is C1CCOCC1.Nc1ccccn1. The van der Waals surface area contributed by atoms with Crippen molar-refractivity contribution in [2.24, 2.45) is 0 Å². The maximum atomic E-state index is 5.25. The van der Waals surface area contributed by atoms with Crippen molar-refractivity contribution in [3.05, 3.63) is 24.4 Å². The third-order valence-corrected chi connectivity index (χ3v) is 1.77. The van der Waals surface area contributed by atoms with Gasteiger partial charge in [0.2, 0.25) is 0 Å². The molecule has 2 N–H and O–H groups in total. The van der Waals surface area contributed by atoms with Crippen LogP contribution in [0.3, 0.4) is 0 Å². The number of hydrogen-bond acceptors (Lipinski definition) is 3. The Balaban J connectivity index is 0.000000132. The number of hydrogen-bond donors (Lipinski definition) is 1. The van der Waals surface area contributed by atoms with E-state index < -0.39 is 0 Å². The van der Waals surface area contributed by atoms with Crippen molar-refractivity contribution in [2.75, 3.05) is 18.9 Å². The smallest absolute Gasteiger partial charge is 0.123 e. The number of nitrogens with two attached hydrogens (primary N) is 1. The maximum absolute atomic E-state index is 5.25. The van der Waals surface area contributed by atoms with E-state index in [4.69, 9.17) is 10.5 Å². The summed E-state index contributed by atoms with van der Waals surface area (Å²) in [4.78, 5) is 3.76. The molecule has 0 aromatic carbocycles. The second-order valence-electron chi connectivity index (χ2n) is 2.93. The van der Waals surface area contributed by atoms with Gasteiger partial charge in [-0.25, -0.2) is 4.98 Å². The Bertz CT molecular complexity index is 198. The first-order chi connectivity index (χ1) is 6.39. The number of ether oxygens (including phenoxy) is 1. The van der Waals surface area contributed by atoms with Crippen LogP contribution in [0.2, 0.25) is 0 Å². The van der Waals surface area contributed by atoms with Gasteiger partial charge in [-0.15, -0.1) is 0 Å². The minimum absolute atomic E-state index is 0.572. The van der Waals surface area contributed by atoms with Crippen LogP contribution in [0.5, 0.6) is 0 Å². The molecule has 0 bridgehead atoms. The number of aromatic nitrogens is 1. The molecule has 1 aliphatic heterocycles. The van der Waals surface area contributed by atoms with Gasteiger partial charge in [0.05, 0.1) is 0 Å². The van der Waals surface area contributed by atoms with Crippen LogP contribution < -0.4 is 5.73 Å². The minimum atomic E-state index is 0.572. The van der Waals surface area contributed by atoms with Gasteiger partial charge in [0.25, 0.3) is 0 Å². The molecule has 1 saturated heterocycles. The molecule has 0 radical (unpaired) electrons. The van der Waals surface area contributed by atoms with E-state index in [0.29, 0.717) is 5.82 Å². The summed E-state index contributed by atoms with van der Waals surface area (Å²) in [5, 5.41) is 0. The van der Waals surface area contributed by atoms with Gasteiger partial charge in [0.1, 0.15) is 5.82 Å². The van der Waals surface area contributed by atoms with Gasteiger partial charge in [0, 0.05) is 19.4 Å². The minimum Gasteiger partial charge on any atom is -0.384 e. The first kappa shape index (κ1) is 9.99. The lowest BCUT2D eigenvalue weighted by Crippen LogP contribution is -2.03. The zero-order valence-electron chi connectivity index (χ0n) is 7.78. The quantitative estimate of drug-likeness (QED) is 0.662. The standard InChI is InChI=1S/C5H6N2.C5H10O/c6-5-3-1-2-4-7-5;1-2-4-6-5-3-1/h1-4H,(H2,6,7);1-5H2. The molecule has 72 valence electrons. The van der Waals surface area contributed by atoms with Crippen molar-refractivity contribution in [1.29, 1.82) is 0 Å². The third kappa shape index (κ3) is 5.20. The van der Waals surface area contributed by atoms with Crippen LogP contribution >= 0.6 is 0 Å². The molecule has 2 rings (SSSR count). The Morgan fingerprint density at radius 2 is 1.92 bits per heavy atom. The lowest BCUT2D eigenvalue weighted by molar-refractivity contribution is 0.0968. The van der Waals surface area contributed by atoms with E-state index in [1.165, 1.54) is 19.3 Å². The van der Waals surface area contributed by atoms with Crippen LogP contribution in [0, 0.1) is 0 Å². The van der Waals surface area contributed by atoms with E-state index in [2.05, 4.69) is 4.98 Å². The van der Waals surface area contributed by atoms with E-state index in [0.717, 1.165) is 13.2 Å². The molecule has 0 spiro atoms. The molecule has 1 aliphatic rings. The highest BCUT2D eigenvalue weighted by Crippen LogP contribution is 2.02. The second-order valence-corrected chi connectivity index (χ2v) is 2.93. The molecular formula is C10H16N2O. The Labute approximate surface area is 78.9 Å². The highest BCUT2D eigenvalue weighted by atomic mass is 16.5. The van der Waals surface area contributed by atoms with E-state index in [1.54, 1.807) is 12.3 Å². The molecule has 0 atom stereocenters. The highest BCUT2D eigenvalue weighted by Gasteiger charge is 1.95. The predicted molar refractivity (Wildman–Crippen MR) is 53.3 cm³/mol. The Hall–Kier alpha value is -1.09.